The molecular weight excluding hydrogens is 286 g/mol. The Bertz CT molecular complexity index is 352. The number of halogens is 1. The van der Waals surface area contributed by atoms with Gasteiger partial charge in [0.2, 0.25) is 5.91 Å². The molecule has 2 atom stereocenters. The summed E-state index contributed by atoms with van der Waals surface area (Å²) in [7, 11) is 0. The summed E-state index contributed by atoms with van der Waals surface area (Å²) in [6, 6.07) is 4.52. The number of nitrogens with zero attached hydrogens (tertiary/aromatic N) is 1. The smallest absolute Gasteiger partial charge is 0.236 e. The Balaban J connectivity index is 2.12. The topological polar surface area (TPSA) is 20.3 Å². The zero-order chi connectivity index (χ0) is 11.5. The monoisotopic (exact) mass is 301 g/mol. The van der Waals surface area contributed by atoms with Crippen LogP contribution in [0.5, 0.6) is 0 Å². The third-order valence-corrected chi connectivity index (χ3v) is 5.05. The van der Waals surface area contributed by atoms with Crippen LogP contribution in [0.1, 0.15) is 37.1 Å². The molecule has 0 aliphatic carbocycles. The van der Waals surface area contributed by atoms with Gasteiger partial charge in [-0.1, -0.05) is 28.9 Å². The summed E-state index contributed by atoms with van der Waals surface area (Å²) in [4.78, 5) is 15.5. The first-order chi connectivity index (χ1) is 7.74. The summed E-state index contributed by atoms with van der Waals surface area (Å²) >= 11 is 5.21. The molecule has 1 amide bonds. The number of amides is 1. The van der Waals surface area contributed by atoms with Gasteiger partial charge in [0.25, 0.3) is 0 Å². The first kappa shape index (κ1) is 12.1. The standard InChI is InChI=1S/C12H16BrNOS/c1-2-9(13)12(15)14-7-3-5-10(14)11-6-4-8-16-11/h4,6,8-10H,2-3,5,7H2,1H3. The van der Waals surface area contributed by atoms with E-state index in [1.165, 1.54) is 4.88 Å². The van der Waals surface area contributed by atoms with E-state index in [1.807, 2.05) is 11.8 Å². The molecule has 2 rings (SSSR count). The molecule has 1 fully saturated rings. The SMILES string of the molecule is CCC(Br)C(=O)N1CCCC1c1cccs1. The Labute approximate surface area is 109 Å². The van der Waals surface area contributed by atoms with Crippen molar-refractivity contribution in [3.63, 3.8) is 0 Å². The maximum absolute atomic E-state index is 12.2. The van der Waals surface area contributed by atoms with Crippen molar-refractivity contribution in [2.45, 2.75) is 37.1 Å². The van der Waals surface area contributed by atoms with Crippen LogP contribution in [0.3, 0.4) is 0 Å². The van der Waals surface area contributed by atoms with Crippen LogP contribution in [0, 0.1) is 0 Å². The van der Waals surface area contributed by atoms with E-state index < -0.39 is 0 Å². The maximum atomic E-state index is 12.2. The number of thiophene rings is 1. The predicted molar refractivity (Wildman–Crippen MR) is 71.0 cm³/mol. The molecule has 4 heteroatoms. The van der Waals surface area contributed by atoms with Gasteiger partial charge in [0.15, 0.2) is 0 Å². The van der Waals surface area contributed by atoms with Crippen LogP contribution >= 0.6 is 27.3 Å². The van der Waals surface area contributed by atoms with Gasteiger partial charge in [-0.05, 0) is 30.7 Å². The fourth-order valence-corrected chi connectivity index (χ4v) is 3.30. The molecule has 1 aromatic rings. The van der Waals surface area contributed by atoms with Crippen LogP contribution in [0.25, 0.3) is 0 Å². The Hall–Kier alpha value is -0.350. The van der Waals surface area contributed by atoms with Crippen molar-refractivity contribution in [1.29, 1.82) is 0 Å². The normalized spacial score (nSPS) is 22.4. The van der Waals surface area contributed by atoms with Crippen molar-refractivity contribution in [3.8, 4) is 0 Å². The summed E-state index contributed by atoms with van der Waals surface area (Å²) in [5.74, 6) is 0.249. The molecule has 16 heavy (non-hydrogen) atoms. The highest BCUT2D eigenvalue weighted by Crippen LogP contribution is 2.35. The number of hydrogen-bond donors (Lipinski definition) is 0. The van der Waals surface area contributed by atoms with E-state index in [4.69, 9.17) is 0 Å². The third-order valence-electron chi connectivity index (χ3n) is 3.03. The number of alkyl halides is 1. The summed E-state index contributed by atoms with van der Waals surface area (Å²) in [5.41, 5.74) is 0. The zero-order valence-electron chi connectivity index (χ0n) is 9.36. The molecular formula is C12H16BrNOS. The van der Waals surface area contributed by atoms with Crippen LogP contribution in [-0.2, 0) is 4.79 Å². The molecule has 2 nitrogen and oxygen atoms in total. The van der Waals surface area contributed by atoms with Crippen molar-refractivity contribution in [1.82, 2.24) is 4.90 Å². The largest absolute Gasteiger partial charge is 0.334 e. The van der Waals surface area contributed by atoms with Crippen molar-refractivity contribution < 1.29 is 4.79 Å². The molecule has 1 aromatic heterocycles. The van der Waals surface area contributed by atoms with Crippen LogP contribution < -0.4 is 0 Å². The molecule has 1 saturated heterocycles. The van der Waals surface area contributed by atoms with Gasteiger partial charge in [0.05, 0.1) is 10.9 Å². The number of carbonyl (C=O) groups is 1. The van der Waals surface area contributed by atoms with Gasteiger partial charge in [0, 0.05) is 11.4 Å². The lowest BCUT2D eigenvalue weighted by Gasteiger charge is -2.25. The zero-order valence-corrected chi connectivity index (χ0v) is 11.8. The van der Waals surface area contributed by atoms with Gasteiger partial charge in [-0.2, -0.15) is 0 Å². The Morgan fingerprint density at radius 3 is 3.19 bits per heavy atom. The van der Waals surface area contributed by atoms with E-state index in [1.54, 1.807) is 11.3 Å². The lowest BCUT2D eigenvalue weighted by Crippen LogP contribution is -2.35. The van der Waals surface area contributed by atoms with E-state index in [2.05, 4.69) is 33.4 Å². The lowest BCUT2D eigenvalue weighted by atomic mass is 10.2. The van der Waals surface area contributed by atoms with Crippen molar-refractivity contribution in [2.24, 2.45) is 0 Å². The van der Waals surface area contributed by atoms with E-state index >= 15 is 0 Å². The third kappa shape index (κ3) is 2.33. The lowest BCUT2D eigenvalue weighted by molar-refractivity contribution is -0.131. The van der Waals surface area contributed by atoms with Crippen molar-refractivity contribution in [3.05, 3.63) is 22.4 Å². The summed E-state index contributed by atoms with van der Waals surface area (Å²) in [6.45, 7) is 2.94. The molecule has 0 N–H and O–H groups in total. The first-order valence-electron chi connectivity index (χ1n) is 5.72. The minimum absolute atomic E-state index is 0.0203. The number of carbonyl (C=O) groups excluding carboxylic acids is 1. The second-order valence-corrected chi connectivity index (χ2v) is 6.17. The van der Waals surface area contributed by atoms with E-state index in [0.29, 0.717) is 6.04 Å². The molecule has 1 aliphatic heterocycles. The number of rotatable bonds is 3. The van der Waals surface area contributed by atoms with Gasteiger partial charge in [0.1, 0.15) is 0 Å². The van der Waals surface area contributed by atoms with Crippen LogP contribution in [-0.4, -0.2) is 22.2 Å². The molecule has 2 heterocycles. The summed E-state index contributed by atoms with van der Waals surface area (Å²) in [5, 5.41) is 2.09. The van der Waals surface area contributed by atoms with E-state index in [-0.39, 0.29) is 10.7 Å². The Morgan fingerprint density at radius 2 is 2.56 bits per heavy atom. The highest BCUT2D eigenvalue weighted by molar-refractivity contribution is 9.10. The molecule has 0 radical (unpaired) electrons. The second kappa shape index (κ2) is 5.32. The number of hydrogen-bond acceptors (Lipinski definition) is 2. The van der Waals surface area contributed by atoms with E-state index in [9.17, 15) is 4.79 Å². The van der Waals surface area contributed by atoms with E-state index in [0.717, 1.165) is 25.8 Å². The second-order valence-electron chi connectivity index (χ2n) is 4.08. The Morgan fingerprint density at radius 1 is 1.75 bits per heavy atom. The molecule has 88 valence electrons. The highest BCUT2D eigenvalue weighted by Gasteiger charge is 2.32. The van der Waals surface area contributed by atoms with Gasteiger partial charge >= 0.3 is 0 Å². The van der Waals surface area contributed by atoms with Crippen molar-refractivity contribution >= 4 is 33.2 Å². The molecule has 0 bridgehead atoms. The van der Waals surface area contributed by atoms with Gasteiger partial charge in [-0.25, -0.2) is 0 Å². The first-order valence-corrected chi connectivity index (χ1v) is 7.51. The highest BCUT2D eigenvalue weighted by atomic mass is 79.9. The molecule has 1 aliphatic rings. The minimum atomic E-state index is -0.0203. The molecule has 2 unspecified atom stereocenters. The average Bonchev–Trinajstić information content (AvgIpc) is 2.95. The van der Waals surface area contributed by atoms with Crippen LogP contribution in [0.2, 0.25) is 0 Å². The predicted octanol–water partition coefficient (Wildman–Crippen LogP) is 3.59. The quantitative estimate of drug-likeness (QED) is 0.781. The van der Waals surface area contributed by atoms with Crippen LogP contribution in [0.4, 0.5) is 0 Å². The van der Waals surface area contributed by atoms with Crippen molar-refractivity contribution in [2.75, 3.05) is 6.54 Å². The molecule has 0 spiro atoms. The molecule has 0 saturated carbocycles. The average molecular weight is 302 g/mol. The fraction of sp³-hybridized carbons (Fsp3) is 0.583. The number of likely N-dealkylation sites (tertiary alicyclic amines) is 1. The van der Waals surface area contributed by atoms with Gasteiger partial charge in [-0.15, -0.1) is 11.3 Å². The Kier molecular flexibility index (Phi) is 4.03. The van der Waals surface area contributed by atoms with Crippen LogP contribution in [0.15, 0.2) is 17.5 Å². The summed E-state index contributed by atoms with van der Waals surface area (Å²) < 4.78 is 0. The fourth-order valence-electron chi connectivity index (χ4n) is 2.16. The molecule has 0 aromatic carbocycles. The minimum Gasteiger partial charge on any atom is -0.334 e. The maximum Gasteiger partial charge on any atom is 0.236 e. The van der Waals surface area contributed by atoms with Gasteiger partial charge in [-0.3, -0.25) is 4.79 Å². The summed E-state index contributed by atoms with van der Waals surface area (Å²) in [6.07, 6.45) is 3.08. The van der Waals surface area contributed by atoms with Gasteiger partial charge < -0.3 is 4.90 Å².